The van der Waals surface area contributed by atoms with E-state index < -0.39 is 10.8 Å². The predicted molar refractivity (Wildman–Crippen MR) is 412 cm³/mol. The molecular formula is C95H72F2O9. The van der Waals surface area contributed by atoms with Crippen LogP contribution in [0.25, 0.3) is 44.5 Å². The fourth-order valence-electron chi connectivity index (χ4n) is 15.4. The largest absolute Gasteiger partial charge is 0.497 e. The number of hydrogen-bond acceptors (Lipinski definition) is 9. The molecule has 14 aromatic rings. The number of fused-ring (bicyclic) bond motifs is 20. The van der Waals surface area contributed by atoms with Gasteiger partial charge in [-0.25, -0.2) is 8.78 Å². The van der Waals surface area contributed by atoms with Gasteiger partial charge in [0, 0.05) is 11.1 Å². The van der Waals surface area contributed by atoms with Crippen molar-refractivity contribution in [2.75, 3.05) is 40.6 Å². The Balaban J connectivity index is 0.000000133. The zero-order valence-corrected chi connectivity index (χ0v) is 58.8. The Morgan fingerprint density at radius 3 is 0.943 bits per heavy atom. The van der Waals surface area contributed by atoms with E-state index in [4.69, 9.17) is 37.9 Å². The lowest BCUT2D eigenvalue weighted by Crippen LogP contribution is -2.26. The summed E-state index contributed by atoms with van der Waals surface area (Å²) in [6.07, 6.45) is 0. The van der Waals surface area contributed by atoms with E-state index >= 15 is 0 Å². The summed E-state index contributed by atoms with van der Waals surface area (Å²) in [5.41, 5.74) is 23.4. The van der Waals surface area contributed by atoms with Crippen LogP contribution in [-0.4, -0.2) is 46.4 Å². The van der Waals surface area contributed by atoms with Crippen molar-refractivity contribution in [3.63, 3.8) is 0 Å². The third-order valence-corrected chi connectivity index (χ3v) is 20.1. The number of halogens is 2. The topological polar surface area (TPSA) is 90.9 Å². The summed E-state index contributed by atoms with van der Waals surface area (Å²) in [7, 11) is 3.26. The summed E-state index contributed by atoms with van der Waals surface area (Å²) in [6, 6.07) is 103. The number of ketones is 1. The standard InChI is InChI=1S/C41H32O4.C40H28O3.C14H12F2O2/c1-27-11-21-35-36-22-20-32(45-31-18-16-30(17-19-31)44-24-23-43-29-14-12-28(42-2)13-15-29)26-40(36)41(39(35)25-27)37-9-5-3-7-33(37)34-8-4-6-10-38(34)41;1-25-14-20-33-34-21-19-30(43-29-9-7-8-27(23-29)39(41)26-15-17-28(42-2)18-16-26)24-38(34)40(37(33)22-25)35-12-5-3-10-31(35)32-11-4-6-13-36(32)40;15-11-1-5-13(6-2-11)17-9-10-18-14-7-3-12(16)4-8-14/h3-22,25-26H,23-24H2,1-2H3;3-24H,1-2H3;1-8H,9-10H2. The smallest absolute Gasteiger partial charge is 0.193 e. The molecule has 0 radical (unpaired) electrons. The molecule has 0 heterocycles. The number of hydrogen-bond donors (Lipinski definition) is 0. The lowest BCUT2D eigenvalue weighted by atomic mass is 9.70. The van der Waals surface area contributed by atoms with E-state index in [0.29, 0.717) is 60.6 Å². The summed E-state index contributed by atoms with van der Waals surface area (Å²) < 4.78 is 71.0. The van der Waals surface area contributed by atoms with Gasteiger partial charge < -0.3 is 37.9 Å². The first kappa shape index (κ1) is 67.5. The van der Waals surface area contributed by atoms with Gasteiger partial charge in [0.25, 0.3) is 0 Å². The second kappa shape index (κ2) is 29.0. The zero-order chi connectivity index (χ0) is 72.3. The maximum absolute atomic E-state index is 13.3. The molecule has 2 spiro atoms. The van der Waals surface area contributed by atoms with E-state index in [0.717, 1.165) is 34.5 Å². The molecule has 0 atom stereocenters. The van der Waals surface area contributed by atoms with Crippen LogP contribution in [0.1, 0.15) is 71.6 Å². The van der Waals surface area contributed by atoms with Crippen LogP contribution >= 0.6 is 0 Å². The monoisotopic (exact) mass is 1390 g/mol. The molecule has 520 valence electrons. The highest BCUT2D eigenvalue weighted by atomic mass is 19.1. The van der Waals surface area contributed by atoms with Crippen molar-refractivity contribution in [2.24, 2.45) is 0 Å². The summed E-state index contributed by atoms with van der Waals surface area (Å²) in [5.74, 6) is 6.47. The van der Waals surface area contributed by atoms with E-state index in [2.05, 4.69) is 178 Å². The Morgan fingerprint density at radius 2 is 0.557 bits per heavy atom. The molecule has 106 heavy (non-hydrogen) atoms. The van der Waals surface area contributed by atoms with Crippen molar-refractivity contribution in [1.82, 2.24) is 0 Å². The number of ether oxygens (including phenoxy) is 8. The van der Waals surface area contributed by atoms with E-state index in [9.17, 15) is 13.6 Å². The van der Waals surface area contributed by atoms with Crippen molar-refractivity contribution in [2.45, 2.75) is 24.7 Å². The third kappa shape index (κ3) is 12.7. The first-order chi connectivity index (χ1) is 52.0. The number of rotatable bonds is 18. The average Bonchev–Trinajstić information content (AvgIpc) is 1.52. The number of methoxy groups -OCH3 is 2. The van der Waals surface area contributed by atoms with Crippen LogP contribution in [0.15, 0.2) is 315 Å². The van der Waals surface area contributed by atoms with Crippen molar-refractivity contribution in [1.29, 1.82) is 0 Å². The number of benzene rings is 14. The summed E-state index contributed by atoms with van der Waals surface area (Å²) in [6.45, 7) is 5.89. The summed E-state index contributed by atoms with van der Waals surface area (Å²) in [5, 5.41) is 0. The van der Waals surface area contributed by atoms with Crippen LogP contribution in [-0.2, 0) is 10.8 Å². The minimum Gasteiger partial charge on any atom is -0.497 e. The molecule has 0 unspecified atom stereocenters. The highest BCUT2D eigenvalue weighted by molar-refractivity contribution is 6.09. The molecule has 4 aliphatic rings. The normalized spacial score (nSPS) is 12.6. The fraction of sp³-hybridized carbons (Fsp3) is 0.105. The molecule has 9 nitrogen and oxygen atoms in total. The van der Waals surface area contributed by atoms with Gasteiger partial charge in [0.1, 0.15) is 95.6 Å². The summed E-state index contributed by atoms with van der Waals surface area (Å²) in [4.78, 5) is 13.3. The Hall–Kier alpha value is -13.0. The van der Waals surface area contributed by atoms with Gasteiger partial charge in [-0.2, -0.15) is 0 Å². The van der Waals surface area contributed by atoms with E-state index in [1.807, 2.05) is 78.9 Å². The Kier molecular flexibility index (Phi) is 18.5. The van der Waals surface area contributed by atoms with Crippen LogP contribution in [0.5, 0.6) is 57.5 Å². The van der Waals surface area contributed by atoms with E-state index in [-0.39, 0.29) is 17.4 Å². The molecule has 0 aliphatic heterocycles. The minimum absolute atomic E-state index is 0.0639. The van der Waals surface area contributed by atoms with Crippen LogP contribution in [0.3, 0.4) is 0 Å². The van der Waals surface area contributed by atoms with E-state index in [1.54, 1.807) is 62.8 Å². The molecule has 0 bridgehead atoms. The highest BCUT2D eigenvalue weighted by Gasteiger charge is 2.53. The van der Waals surface area contributed by atoms with Gasteiger partial charge in [-0.1, -0.05) is 169 Å². The van der Waals surface area contributed by atoms with Gasteiger partial charge >= 0.3 is 0 Å². The molecule has 0 N–H and O–H groups in total. The Bertz CT molecular complexity index is 5440. The number of carbonyl (C=O) groups is 1. The lowest BCUT2D eigenvalue weighted by molar-refractivity contribution is 0.103. The molecular weight excluding hydrogens is 1320 g/mol. The maximum Gasteiger partial charge on any atom is 0.193 e. The van der Waals surface area contributed by atoms with Gasteiger partial charge in [0.05, 0.1) is 25.0 Å². The quantitative estimate of drug-likeness (QED) is 0.0615. The number of carbonyl (C=O) groups excluding carboxylic acids is 1. The lowest BCUT2D eigenvalue weighted by Gasteiger charge is -2.30. The predicted octanol–water partition coefficient (Wildman–Crippen LogP) is 22.4. The van der Waals surface area contributed by atoms with Crippen LogP contribution < -0.4 is 37.9 Å². The number of aryl methyl sites for hydroxylation is 2. The molecule has 18 rings (SSSR count). The maximum atomic E-state index is 13.3. The molecule has 0 fully saturated rings. The van der Waals surface area contributed by atoms with Crippen molar-refractivity contribution in [3.8, 4) is 102 Å². The molecule has 0 saturated carbocycles. The van der Waals surface area contributed by atoms with Crippen molar-refractivity contribution >= 4 is 5.78 Å². The molecule has 0 amide bonds. The second-order valence-electron chi connectivity index (χ2n) is 26.4. The second-order valence-corrected chi connectivity index (χ2v) is 26.4. The molecule has 11 heteroatoms. The first-order valence-corrected chi connectivity index (χ1v) is 35.3. The van der Waals surface area contributed by atoms with Gasteiger partial charge in [-0.15, -0.1) is 0 Å². The van der Waals surface area contributed by atoms with Crippen molar-refractivity contribution in [3.05, 3.63) is 394 Å². The molecule has 4 aliphatic carbocycles. The zero-order valence-electron chi connectivity index (χ0n) is 58.8. The van der Waals surface area contributed by atoms with Gasteiger partial charge in [0.2, 0.25) is 0 Å². The van der Waals surface area contributed by atoms with Gasteiger partial charge in [0.15, 0.2) is 5.78 Å². The van der Waals surface area contributed by atoms with Crippen LogP contribution in [0, 0.1) is 25.5 Å². The van der Waals surface area contributed by atoms with Crippen LogP contribution in [0.4, 0.5) is 8.78 Å². The van der Waals surface area contributed by atoms with Gasteiger partial charge in [-0.05, 0) is 261 Å². The Labute approximate surface area is 615 Å². The fourth-order valence-corrected chi connectivity index (χ4v) is 15.4. The van der Waals surface area contributed by atoms with Crippen LogP contribution in [0.2, 0.25) is 0 Å². The minimum atomic E-state index is -0.435. The van der Waals surface area contributed by atoms with E-state index in [1.165, 1.54) is 124 Å². The molecule has 0 aromatic heterocycles. The SMILES string of the molecule is COc1ccc(C(=O)c2cccc(Oc3ccc4c(c3)C3(c5ccccc5-c5ccccc53)c3cc(C)ccc3-4)c2)cc1.COc1ccc(OCCOc2ccc(Oc3ccc4c(c3)C3(c5ccccc5-c5ccccc53)c3cc(C)ccc3-4)cc2)cc1.Fc1ccc(OCCOc2ccc(F)cc2)cc1. The summed E-state index contributed by atoms with van der Waals surface area (Å²) >= 11 is 0. The Morgan fingerprint density at radius 1 is 0.264 bits per heavy atom. The highest BCUT2D eigenvalue weighted by Crippen LogP contribution is 2.65. The van der Waals surface area contributed by atoms with Crippen molar-refractivity contribution < 1.29 is 51.5 Å². The van der Waals surface area contributed by atoms with Gasteiger partial charge in [-0.3, -0.25) is 4.79 Å². The molecule has 0 saturated heterocycles. The third-order valence-electron chi connectivity index (χ3n) is 20.1. The molecule has 14 aromatic carbocycles. The average molecular weight is 1400 g/mol. The first-order valence-electron chi connectivity index (χ1n) is 35.3.